The molecule has 0 aliphatic heterocycles. The minimum atomic E-state index is 0.657. The van der Waals surface area contributed by atoms with Crippen LogP contribution in [0.1, 0.15) is 6.42 Å². The van der Waals surface area contributed by atoms with Crippen molar-refractivity contribution >= 4 is 5.69 Å². The summed E-state index contributed by atoms with van der Waals surface area (Å²) < 4.78 is 15.9. The van der Waals surface area contributed by atoms with E-state index in [4.69, 9.17) is 19.9 Å². The Morgan fingerprint density at radius 1 is 0.950 bits per heavy atom. The SMILES string of the molecule is COCCN(CCCOc1ccccc1N)CCOC. The van der Waals surface area contributed by atoms with Crippen LogP contribution in [0.25, 0.3) is 0 Å². The van der Waals surface area contributed by atoms with Crippen LogP contribution in [-0.4, -0.2) is 58.6 Å². The molecule has 0 radical (unpaired) electrons. The molecular weight excluding hydrogens is 256 g/mol. The number of benzene rings is 1. The van der Waals surface area contributed by atoms with Gasteiger partial charge in [-0.1, -0.05) is 12.1 Å². The second-order valence-corrected chi connectivity index (χ2v) is 4.57. The van der Waals surface area contributed by atoms with Crippen molar-refractivity contribution in [2.45, 2.75) is 6.42 Å². The van der Waals surface area contributed by atoms with Gasteiger partial charge in [-0.25, -0.2) is 0 Å². The van der Waals surface area contributed by atoms with Gasteiger partial charge in [0.2, 0.25) is 0 Å². The molecule has 0 aliphatic rings. The third-order valence-electron chi connectivity index (χ3n) is 3.02. The molecule has 1 aromatic rings. The Labute approximate surface area is 121 Å². The van der Waals surface area contributed by atoms with Crippen molar-refractivity contribution in [2.24, 2.45) is 0 Å². The highest BCUT2D eigenvalue weighted by Crippen LogP contribution is 2.19. The van der Waals surface area contributed by atoms with Gasteiger partial charge in [0.15, 0.2) is 0 Å². The third-order valence-corrected chi connectivity index (χ3v) is 3.02. The monoisotopic (exact) mass is 282 g/mol. The second kappa shape index (κ2) is 10.5. The molecule has 2 N–H and O–H groups in total. The molecule has 1 aromatic carbocycles. The molecule has 0 heterocycles. The van der Waals surface area contributed by atoms with Crippen molar-refractivity contribution in [2.75, 3.05) is 59.4 Å². The number of anilines is 1. The Hall–Kier alpha value is -1.30. The first-order valence-corrected chi connectivity index (χ1v) is 6.95. The van der Waals surface area contributed by atoms with Gasteiger partial charge < -0.3 is 19.9 Å². The van der Waals surface area contributed by atoms with E-state index in [1.54, 1.807) is 14.2 Å². The number of hydrogen-bond acceptors (Lipinski definition) is 5. The summed E-state index contributed by atoms with van der Waals surface area (Å²) in [6.07, 6.45) is 0.946. The van der Waals surface area contributed by atoms with E-state index in [9.17, 15) is 0 Å². The number of nitrogens with zero attached hydrogens (tertiary/aromatic N) is 1. The van der Waals surface area contributed by atoms with E-state index in [-0.39, 0.29) is 0 Å². The van der Waals surface area contributed by atoms with Crippen molar-refractivity contribution in [3.63, 3.8) is 0 Å². The number of hydrogen-bond donors (Lipinski definition) is 1. The molecule has 1 rings (SSSR count). The van der Waals surface area contributed by atoms with Crippen molar-refractivity contribution < 1.29 is 14.2 Å². The molecule has 5 nitrogen and oxygen atoms in total. The summed E-state index contributed by atoms with van der Waals surface area (Å²) in [4.78, 5) is 2.31. The molecule has 5 heteroatoms. The van der Waals surface area contributed by atoms with Crippen LogP contribution in [-0.2, 0) is 9.47 Å². The molecule has 0 amide bonds. The maximum Gasteiger partial charge on any atom is 0.142 e. The summed E-state index contributed by atoms with van der Waals surface area (Å²) in [5.41, 5.74) is 6.51. The van der Waals surface area contributed by atoms with E-state index in [2.05, 4.69) is 4.90 Å². The topological polar surface area (TPSA) is 57.0 Å². The Morgan fingerprint density at radius 2 is 1.60 bits per heavy atom. The highest BCUT2D eigenvalue weighted by molar-refractivity contribution is 5.51. The van der Waals surface area contributed by atoms with Crippen LogP contribution < -0.4 is 10.5 Å². The molecule has 0 spiro atoms. The Balaban J connectivity index is 2.23. The fourth-order valence-electron chi connectivity index (χ4n) is 1.86. The van der Waals surface area contributed by atoms with Gasteiger partial charge in [-0.05, 0) is 18.6 Å². The van der Waals surface area contributed by atoms with E-state index in [1.165, 1.54) is 0 Å². The molecule has 0 saturated heterocycles. The molecule has 0 fully saturated rings. The van der Waals surface area contributed by atoms with Crippen LogP contribution in [0.3, 0.4) is 0 Å². The Kier molecular flexibility index (Phi) is 8.78. The highest BCUT2D eigenvalue weighted by atomic mass is 16.5. The smallest absolute Gasteiger partial charge is 0.142 e. The zero-order valence-electron chi connectivity index (χ0n) is 12.5. The molecule has 20 heavy (non-hydrogen) atoms. The van der Waals surface area contributed by atoms with Crippen LogP contribution in [0.5, 0.6) is 5.75 Å². The van der Waals surface area contributed by atoms with Crippen LogP contribution in [0.15, 0.2) is 24.3 Å². The highest BCUT2D eigenvalue weighted by Gasteiger charge is 2.05. The number of ether oxygens (including phenoxy) is 3. The molecule has 0 saturated carbocycles. The Morgan fingerprint density at radius 3 is 2.20 bits per heavy atom. The molecule has 0 aromatic heterocycles. The largest absolute Gasteiger partial charge is 0.491 e. The molecule has 0 bridgehead atoms. The zero-order chi connectivity index (χ0) is 14.6. The Bertz CT molecular complexity index is 353. The molecular formula is C15H26N2O3. The lowest BCUT2D eigenvalue weighted by atomic mass is 10.3. The lowest BCUT2D eigenvalue weighted by molar-refractivity contribution is 0.110. The summed E-state index contributed by atoms with van der Waals surface area (Å²) in [7, 11) is 3.44. The van der Waals surface area contributed by atoms with E-state index >= 15 is 0 Å². The van der Waals surface area contributed by atoms with Crippen molar-refractivity contribution in [3.8, 4) is 5.75 Å². The minimum absolute atomic E-state index is 0.657. The maximum absolute atomic E-state index is 5.83. The summed E-state index contributed by atoms with van der Waals surface area (Å²) in [6.45, 7) is 4.90. The van der Waals surface area contributed by atoms with E-state index in [1.807, 2.05) is 24.3 Å². The second-order valence-electron chi connectivity index (χ2n) is 4.57. The molecule has 0 unspecified atom stereocenters. The predicted octanol–water partition coefficient (Wildman–Crippen LogP) is 1.63. The van der Waals surface area contributed by atoms with Gasteiger partial charge in [0.25, 0.3) is 0 Å². The van der Waals surface area contributed by atoms with Gasteiger partial charge in [0, 0.05) is 33.9 Å². The average molecular weight is 282 g/mol. The van der Waals surface area contributed by atoms with Gasteiger partial charge in [0.1, 0.15) is 5.75 Å². The fourth-order valence-corrected chi connectivity index (χ4v) is 1.86. The van der Waals surface area contributed by atoms with Gasteiger partial charge in [-0.3, -0.25) is 4.90 Å². The lowest BCUT2D eigenvalue weighted by Crippen LogP contribution is -2.32. The molecule has 114 valence electrons. The average Bonchev–Trinajstić information content (AvgIpc) is 2.47. The van der Waals surface area contributed by atoms with E-state index in [0.29, 0.717) is 12.3 Å². The number of rotatable bonds is 11. The zero-order valence-corrected chi connectivity index (χ0v) is 12.5. The van der Waals surface area contributed by atoms with Crippen molar-refractivity contribution in [3.05, 3.63) is 24.3 Å². The van der Waals surface area contributed by atoms with Crippen LogP contribution >= 0.6 is 0 Å². The van der Waals surface area contributed by atoms with Gasteiger partial charge >= 0.3 is 0 Å². The molecule has 0 atom stereocenters. The first-order chi connectivity index (χ1) is 9.77. The quantitative estimate of drug-likeness (QED) is 0.494. The maximum atomic E-state index is 5.83. The lowest BCUT2D eigenvalue weighted by Gasteiger charge is -2.21. The summed E-state index contributed by atoms with van der Waals surface area (Å²) in [5, 5.41) is 0. The van der Waals surface area contributed by atoms with Gasteiger partial charge in [-0.15, -0.1) is 0 Å². The number of methoxy groups -OCH3 is 2. The predicted molar refractivity (Wildman–Crippen MR) is 81.2 cm³/mol. The summed E-state index contributed by atoms with van der Waals surface area (Å²) >= 11 is 0. The van der Waals surface area contributed by atoms with Crippen molar-refractivity contribution in [1.82, 2.24) is 4.90 Å². The standard InChI is InChI=1S/C15H26N2O3/c1-18-12-9-17(10-13-19-2)8-5-11-20-15-7-4-3-6-14(15)16/h3-4,6-7H,5,8-13,16H2,1-2H3. The summed E-state index contributed by atoms with van der Waals surface area (Å²) in [5.74, 6) is 0.757. The van der Waals surface area contributed by atoms with Crippen LogP contribution in [0.2, 0.25) is 0 Å². The third kappa shape index (κ3) is 6.75. The summed E-state index contributed by atoms with van der Waals surface area (Å²) in [6, 6.07) is 7.57. The first kappa shape index (κ1) is 16.8. The molecule has 0 aliphatic carbocycles. The van der Waals surface area contributed by atoms with Crippen molar-refractivity contribution in [1.29, 1.82) is 0 Å². The number of nitrogens with two attached hydrogens (primary N) is 1. The van der Waals surface area contributed by atoms with Gasteiger partial charge in [-0.2, -0.15) is 0 Å². The minimum Gasteiger partial charge on any atom is -0.491 e. The van der Waals surface area contributed by atoms with Gasteiger partial charge in [0.05, 0.1) is 25.5 Å². The normalized spacial score (nSPS) is 10.9. The number of para-hydroxylation sites is 2. The van der Waals surface area contributed by atoms with E-state index < -0.39 is 0 Å². The first-order valence-electron chi connectivity index (χ1n) is 6.95. The van der Waals surface area contributed by atoms with E-state index in [0.717, 1.165) is 45.0 Å². The fraction of sp³-hybridized carbons (Fsp3) is 0.600. The van der Waals surface area contributed by atoms with Crippen LogP contribution in [0, 0.1) is 0 Å². The van der Waals surface area contributed by atoms with Crippen LogP contribution in [0.4, 0.5) is 5.69 Å². The number of nitrogen functional groups attached to an aromatic ring is 1.